The number of methoxy groups -OCH3 is 1. The van der Waals surface area contributed by atoms with Gasteiger partial charge in [0.25, 0.3) is 0 Å². The van der Waals surface area contributed by atoms with Crippen LogP contribution in [0.2, 0.25) is 0 Å². The fraction of sp³-hybridized carbons (Fsp3) is 0.208. The first kappa shape index (κ1) is 19.6. The van der Waals surface area contributed by atoms with E-state index in [0.717, 1.165) is 28.0 Å². The summed E-state index contributed by atoms with van der Waals surface area (Å²) in [7, 11) is 1.63. The zero-order valence-electron chi connectivity index (χ0n) is 16.1. The fourth-order valence-corrected chi connectivity index (χ4v) is 2.88. The lowest BCUT2D eigenvalue weighted by Crippen LogP contribution is -2.24. The van der Waals surface area contributed by atoms with Gasteiger partial charge < -0.3 is 14.8 Å². The summed E-state index contributed by atoms with van der Waals surface area (Å²) in [6, 6.07) is 25.8. The van der Waals surface area contributed by atoms with Gasteiger partial charge in [0.1, 0.15) is 5.75 Å². The summed E-state index contributed by atoms with van der Waals surface area (Å²) in [5.41, 5.74) is 4.27. The van der Waals surface area contributed by atoms with Crippen LogP contribution in [0.4, 0.5) is 0 Å². The van der Waals surface area contributed by atoms with E-state index in [9.17, 15) is 4.79 Å². The molecule has 1 amide bonds. The van der Waals surface area contributed by atoms with Crippen LogP contribution in [0.1, 0.15) is 22.3 Å². The number of hydrogen-bond acceptors (Lipinski definition) is 3. The third-order valence-electron chi connectivity index (χ3n) is 4.39. The molecule has 0 heterocycles. The van der Waals surface area contributed by atoms with Crippen LogP contribution in [0.15, 0.2) is 78.9 Å². The molecule has 0 radical (unpaired) electrons. The second-order valence-corrected chi connectivity index (χ2v) is 6.60. The quantitative estimate of drug-likeness (QED) is 0.608. The normalized spacial score (nSPS) is 10.5. The lowest BCUT2D eigenvalue weighted by atomic mass is 10.1. The number of nitrogens with one attached hydrogen (secondary N) is 1. The standard InChI is InChI=1S/C24H25NO3/c1-27-23-12-10-19(11-13-23)15-24(26)25-16-21-8-5-9-22(14-21)18-28-17-20-6-3-2-4-7-20/h2-14H,15-18H2,1H3,(H,25,26). The Hall–Kier alpha value is -3.11. The summed E-state index contributed by atoms with van der Waals surface area (Å²) < 4.78 is 10.9. The van der Waals surface area contributed by atoms with Gasteiger partial charge >= 0.3 is 0 Å². The minimum atomic E-state index is -0.00380. The molecule has 28 heavy (non-hydrogen) atoms. The van der Waals surface area contributed by atoms with Crippen molar-refractivity contribution < 1.29 is 14.3 Å². The van der Waals surface area contributed by atoms with Gasteiger partial charge in [-0.25, -0.2) is 0 Å². The Kier molecular flexibility index (Phi) is 7.21. The van der Waals surface area contributed by atoms with Crippen LogP contribution in [0, 0.1) is 0 Å². The highest BCUT2D eigenvalue weighted by atomic mass is 16.5. The van der Waals surface area contributed by atoms with Crippen molar-refractivity contribution in [3.63, 3.8) is 0 Å². The molecule has 0 saturated heterocycles. The molecule has 0 fully saturated rings. The number of hydrogen-bond donors (Lipinski definition) is 1. The summed E-state index contributed by atoms with van der Waals surface area (Å²) in [5.74, 6) is 0.784. The molecule has 144 valence electrons. The zero-order chi connectivity index (χ0) is 19.6. The van der Waals surface area contributed by atoms with Gasteiger partial charge in [0.05, 0.1) is 26.7 Å². The maximum atomic E-state index is 12.2. The molecule has 0 aliphatic rings. The Morgan fingerprint density at radius 1 is 0.786 bits per heavy atom. The zero-order valence-corrected chi connectivity index (χ0v) is 16.1. The lowest BCUT2D eigenvalue weighted by molar-refractivity contribution is -0.120. The SMILES string of the molecule is COc1ccc(CC(=O)NCc2cccc(COCc3ccccc3)c2)cc1. The van der Waals surface area contributed by atoms with Crippen LogP contribution >= 0.6 is 0 Å². The largest absolute Gasteiger partial charge is 0.497 e. The smallest absolute Gasteiger partial charge is 0.224 e. The molecule has 3 aromatic carbocycles. The molecule has 0 spiro atoms. The van der Waals surface area contributed by atoms with Crippen molar-refractivity contribution >= 4 is 5.91 Å². The van der Waals surface area contributed by atoms with Gasteiger partial charge in [-0.3, -0.25) is 4.79 Å². The lowest BCUT2D eigenvalue weighted by Gasteiger charge is -2.09. The predicted octanol–water partition coefficient (Wildman–Crippen LogP) is 4.27. The number of carbonyl (C=O) groups is 1. The third-order valence-corrected chi connectivity index (χ3v) is 4.39. The van der Waals surface area contributed by atoms with Crippen molar-refractivity contribution in [3.05, 3.63) is 101 Å². The molecule has 3 rings (SSSR count). The summed E-state index contributed by atoms with van der Waals surface area (Å²) in [6.45, 7) is 1.63. The molecule has 0 aliphatic carbocycles. The minimum Gasteiger partial charge on any atom is -0.497 e. The first-order chi connectivity index (χ1) is 13.7. The average Bonchev–Trinajstić information content (AvgIpc) is 2.74. The molecular weight excluding hydrogens is 350 g/mol. The van der Waals surface area contributed by atoms with Gasteiger partial charge in [-0.15, -0.1) is 0 Å². The summed E-state index contributed by atoms with van der Waals surface area (Å²) in [6.07, 6.45) is 0.351. The molecular formula is C24H25NO3. The van der Waals surface area contributed by atoms with Gasteiger partial charge in [-0.2, -0.15) is 0 Å². The molecule has 0 aromatic heterocycles. The molecule has 3 aromatic rings. The number of benzene rings is 3. The molecule has 4 nitrogen and oxygen atoms in total. The first-order valence-corrected chi connectivity index (χ1v) is 9.32. The predicted molar refractivity (Wildman–Crippen MR) is 110 cm³/mol. The van der Waals surface area contributed by atoms with Crippen LogP contribution in [0.3, 0.4) is 0 Å². The van der Waals surface area contributed by atoms with Crippen molar-refractivity contribution in [1.29, 1.82) is 0 Å². The van der Waals surface area contributed by atoms with E-state index in [0.29, 0.717) is 26.2 Å². The minimum absolute atomic E-state index is 0.00380. The number of amides is 1. The molecule has 4 heteroatoms. The second kappa shape index (κ2) is 10.3. The fourth-order valence-electron chi connectivity index (χ4n) is 2.88. The van der Waals surface area contributed by atoms with E-state index < -0.39 is 0 Å². The van der Waals surface area contributed by atoms with Crippen LogP contribution in [0.5, 0.6) is 5.75 Å². The molecule has 0 saturated carbocycles. The highest BCUT2D eigenvalue weighted by Gasteiger charge is 2.04. The second-order valence-electron chi connectivity index (χ2n) is 6.60. The molecule has 1 N–H and O–H groups in total. The van der Waals surface area contributed by atoms with Gasteiger partial charge in [0, 0.05) is 6.54 Å². The van der Waals surface area contributed by atoms with E-state index in [1.807, 2.05) is 60.7 Å². The van der Waals surface area contributed by atoms with Crippen LogP contribution in [-0.2, 0) is 35.7 Å². The van der Waals surface area contributed by atoms with Crippen molar-refractivity contribution in [2.75, 3.05) is 7.11 Å². The van der Waals surface area contributed by atoms with Crippen molar-refractivity contribution in [2.45, 2.75) is 26.2 Å². The Balaban J connectivity index is 1.45. The van der Waals surface area contributed by atoms with E-state index in [1.165, 1.54) is 0 Å². The maximum Gasteiger partial charge on any atom is 0.224 e. The number of rotatable bonds is 9. The third kappa shape index (κ3) is 6.25. The van der Waals surface area contributed by atoms with E-state index in [2.05, 4.69) is 23.5 Å². The van der Waals surface area contributed by atoms with Crippen LogP contribution in [0.25, 0.3) is 0 Å². The van der Waals surface area contributed by atoms with Crippen LogP contribution < -0.4 is 10.1 Å². The molecule has 0 atom stereocenters. The molecule has 0 bridgehead atoms. The number of carbonyl (C=O) groups excluding carboxylic acids is 1. The summed E-state index contributed by atoms with van der Waals surface area (Å²) >= 11 is 0. The van der Waals surface area contributed by atoms with Crippen LogP contribution in [-0.4, -0.2) is 13.0 Å². The Morgan fingerprint density at radius 2 is 1.46 bits per heavy atom. The van der Waals surface area contributed by atoms with Gasteiger partial charge in [0.2, 0.25) is 5.91 Å². The first-order valence-electron chi connectivity index (χ1n) is 9.32. The topological polar surface area (TPSA) is 47.6 Å². The van der Waals surface area contributed by atoms with Gasteiger partial charge in [-0.05, 0) is 34.4 Å². The van der Waals surface area contributed by atoms with Crippen molar-refractivity contribution in [3.8, 4) is 5.75 Å². The van der Waals surface area contributed by atoms with E-state index in [1.54, 1.807) is 7.11 Å². The van der Waals surface area contributed by atoms with Gasteiger partial charge in [-0.1, -0.05) is 66.7 Å². The molecule has 0 aliphatic heterocycles. The van der Waals surface area contributed by atoms with Crippen molar-refractivity contribution in [2.24, 2.45) is 0 Å². The Morgan fingerprint density at radius 3 is 2.21 bits per heavy atom. The maximum absolute atomic E-state index is 12.2. The van der Waals surface area contributed by atoms with Gasteiger partial charge in [0.15, 0.2) is 0 Å². The van der Waals surface area contributed by atoms with E-state index in [-0.39, 0.29) is 5.91 Å². The Bertz CT molecular complexity index is 876. The van der Waals surface area contributed by atoms with E-state index in [4.69, 9.17) is 9.47 Å². The molecule has 0 unspecified atom stereocenters. The monoisotopic (exact) mass is 375 g/mol. The number of ether oxygens (including phenoxy) is 2. The summed E-state index contributed by atoms with van der Waals surface area (Å²) in [4.78, 5) is 12.2. The summed E-state index contributed by atoms with van der Waals surface area (Å²) in [5, 5.41) is 2.97. The highest BCUT2D eigenvalue weighted by Crippen LogP contribution is 2.12. The highest BCUT2D eigenvalue weighted by molar-refractivity contribution is 5.78. The Labute approximate surface area is 166 Å². The van der Waals surface area contributed by atoms with Crippen molar-refractivity contribution in [1.82, 2.24) is 5.32 Å². The van der Waals surface area contributed by atoms with E-state index >= 15 is 0 Å². The average molecular weight is 375 g/mol.